The molecule has 0 bridgehead atoms. The average Bonchev–Trinajstić information content (AvgIpc) is 3.34. The van der Waals surface area contributed by atoms with E-state index < -0.39 is 49.5 Å². The van der Waals surface area contributed by atoms with Crippen molar-refractivity contribution in [2.45, 2.75) is 301 Å². The highest BCUT2D eigenvalue weighted by atomic mass is 16.7. The fourth-order valence-corrected chi connectivity index (χ4v) is 8.86. The first-order valence-corrected chi connectivity index (χ1v) is 28.8. The lowest BCUT2D eigenvalue weighted by molar-refractivity contribution is -0.302. The lowest BCUT2D eigenvalue weighted by Gasteiger charge is -2.40. The number of hydrogen-bond acceptors (Lipinski definition) is 10. The quantitative estimate of drug-likeness (QED) is 0.0196. The van der Waals surface area contributed by atoms with Gasteiger partial charge in [-0.15, -0.1) is 0 Å². The Kier molecular flexibility index (Phi) is 45.3. The van der Waals surface area contributed by atoms with Crippen LogP contribution in [-0.2, 0) is 23.8 Å². The highest BCUT2D eigenvalue weighted by Gasteiger charge is 2.44. The van der Waals surface area contributed by atoms with Crippen molar-refractivity contribution in [3.05, 3.63) is 36.5 Å². The Morgan fingerprint density at radius 2 is 0.942 bits per heavy atom. The van der Waals surface area contributed by atoms with Crippen LogP contribution in [0.1, 0.15) is 258 Å². The fraction of sp³-hybridized carbons (Fsp3) is 0.862. The highest BCUT2D eigenvalue weighted by Crippen LogP contribution is 2.23. The Morgan fingerprint density at radius 1 is 0.522 bits per heavy atom. The lowest BCUT2D eigenvalue weighted by atomic mass is 9.99. The van der Waals surface area contributed by atoms with Crippen LogP contribution in [0.15, 0.2) is 36.5 Å². The molecule has 0 aliphatic carbocycles. The summed E-state index contributed by atoms with van der Waals surface area (Å²) in [4.78, 5) is 25.0. The zero-order chi connectivity index (χ0) is 50.3. The molecule has 11 heteroatoms. The minimum absolute atomic E-state index is 0.00813. The number of nitrogens with one attached hydrogen (secondary N) is 1. The van der Waals surface area contributed by atoms with Gasteiger partial charge in [0.1, 0.15) is 24.4 Å². The van der Waals surface area contributed by atoms with Gasteiger partial charge in [-0.05, 0) is 70.6 Å². The standard InChI is InChI=1S/C58H107NO10/c1-3-5-7-9-11-13-14-26-30-34-38-42-46-54(63)67-47-43-39-35-31-27-24-22-20-18-16-15-17-19-21-23-25-29-33-37-41-45-53(62)59-50(51(61)44-40-36-32-28-12-10-8-6-4-2)49-68-58-57(66)56(65)55(64)52(48-60)69-58/h12,15,17,28,40,44,50-52,55-58,60-61,64-66H,3-11,13-14,16,18-27,29-39,41-43,45-49H2,1-2H3,(H,59,62)/b17-15-,28-12+,44-40+. The van der Waals surface area contributed by atoms with Crippen LogP contribution in [0, 0.1) is 0 Å². The third kappa shape index (κ3) is 38.2. The van der Waals surface area contributed by atoms with Crippen molar-refractivity contribution < 1.29 is 49.3 Å². The van der Waals surface area contributed by atoms with E-state index >= 15 is 0 Å². The molecule has 1 fully saturated rings. The van der Waals surface area contributed by atoms with Crippen LogP contribution in [-0.4, -0.2) is 100 Å². The number of hydrogen-bond donors (Lipinski definition) is 6. The van der Waals surface area contributed by atoms with Crippen LogP contribution in [0.5, 0.6) is 0 Å². The van der Waals surface area contributed by atoms with Crippen LogP contribution < -0.4 is 5.32 Å². The molecule has 1 saturated heterocycles. The summed E-state index contributed by atoms with van der Waals surface area (Å²) in [5, 5.41) is 54.1. The fourth-order valence-electron chi connectivity index (χ4n) is 8.86. The van der Waals surface area contributed by atoms with Gasteiger partial charge in [-0.1, -0.05) is 211 Å². The molecular weight excluding hydrogens is 871 g/mol. The summed E-state index contributed by atoms with van der Waals surface area (Å²) in [6, 6.07) is -0.832. The molecule has 7 unspecified atom stereocenters. The molecule has 1 aliphatic rings. The van der Waals surface area contributed by atoms with Crippen LogP contribution in [0.25, 0.3) is 0 Å². The lowest BCUT2D eigenvalue weighted by Crippen LogP contribution is -2.60. The number of rotatable bonds is 49. The van der Waals surface area contributed by atoms with Crippen LogP contribution >= 0.6 is 0 Å². The number of unbranched alkanes of at least 4 members (excludes halogenated alkanes) is 31. The zero-order valence-corrected chi connectivity index (χ0v) is 44.3. The Balaban J connectivity index is 2.05. The summed E-state index contributed by atoms with van der Waals surface area (Å²) in [5.41, 5.74) is 0. The highest BCUT2D eigenvalue weighted by molar-refractivity contribution is 5.76. The van der Waals surface area contributed by atoms with Gasteiger partial charge in [-0.3, -0.25) is 9.59 Å². The molecule has 6 N–H and O–H groups in total. The minimum atomic E-state index is -1.58. The van der Waals surface area contributed by atoms with E-state index in [4.69, 9.17) is 14.2 Å². The third-order valence-corrected chi connectivity index (χ3v) is 13.5. The monoisotopic (exact) mass is 978 g/mol. The first-order chi connectivity index (χ1) is 33.7. The van der Waals surface area contributed by atoms with Crippen molar-refractivity contribution in [1.82, 2.24) is 5.32 Å². The van der Waals surface area contributed by atoms with Gasteiger partial charge in [0.2, 0.25) is 5.91 Å². The second kappa shape index (κ2) is 48.2. The maximum Gasteiger partial charge on any atom is 0.305 e. The maximum atomic E-state index is 13.0. The number of carbonyl (C=O) groups excluding carboxylic acids is 2. The first kappa shape index (κ1) is 64.9. The number of carbonyl (C=O) groups is 2. The van der Waals surface area contributed by atoms with Gasteiger partial charge in [0.15, 0.2) is 6.29 Å². The molecule has 69 heavy (non-hydrogen) atoms. The van der Waals surface area contributed by atoms with Crippen LogP contribution in [0.3, 0.4) is 0 Å². The van der Waals surface area contributed by atoms with Gasteiger partial charge >= 0.3 is 5.97 Å². The van der Waals surface area contributed by atoms with Crippen molar-refractivity contribution in [2.75, 3.05) is 19.8 Å². The molecule has 0 saturated carbocycles. The van der Waals surface area contributed by atoms with Gasteiger partial charge in [0.05, 0.1) is 32.0 Å². The average molecular weight is 978 g/mol. The summed E-state index contributed by atoms with van der Waals surface area (Å²) in [7, 11) is 0. The predicted molar refractivity (Wildman–Crippen MR) is 283 cm³/mol. The molecule has 0 radical (unpaired) electrons. The Morgan fingerprint density at radius 3 is 1.46 bits per heavy atom. The minimum Gasteiger partial charge on any atom is -0.466 e. The van der Waals surface area contributed by atoms with Crippen molar-refractivity contribution in [1.29, 1.82) is 0 Å². The second-order valence-corrected chi connectivity index (χ2v) is 20.0. The number of ether oxygens (including phenoxy) is 3. The summed E-state index contributed by atoms with van der Waals surface area (Å²) >= 11 is 0. The zero-order valence-electron chi connectivity index (χ0n) is 44.3. The van der Waals surface area contributed by atoms with Crippen molar-refractivity contribution >= 4 is 11.9 Å². The Bertz CT molecular complexity index is 1240. The molecule has 0 aromatic carbocycles. The third-order valence-electron chi connectivity index (χ3n) is 13.5. The molecule has 1 aliphatic heterocycles. The van der Waals surface area contributed by atoms with Gasteiger partial charge in [0, 0.05) is 12.8 Å². The van der Waals surface area contributed by atoms with E-state index in [2.05, 4.69) is 43.5 Å². The number of aliphatic hydroxyl groups excluding tert-OH is 5. The maximum absolute atomic E-state index is 13.0. The second-order valence-electron chi connectivity index (χ2n) is 20.0. The van der Waals surface area contributed by atoms with Gasteiger partial charge in [-0.25, -0.2) is 0 Å². The van der Waals surface area contributed by atoms with Crippen molar-refractivity contribution in [2.24, 2.45) is 0 Å². The Hall–Kier alpha value is -2.12. The van der Waals surface area contributed by atoms with E-state index in [0.717, 1.165) is 77.0 Å². The van der Waals surface area contributed by atoms with E-state index in [1.54, 1.807) is 6.08 Å². The molecule has 7 atom stereocenters. The molecule has 11 nitrogen and oxygen atoms in total. The van der Waals surface area contributed by atoms with E-state index in [0.29, 0.717) is 19.4 Å². The van der Waals surface area contributed by atoms with Gasteiger partial charge < -0.3 is 45.1 Å². The van der Waals surface area contributed by atoms with E-state index in [1.807, 2.05) is 6.08 Å². The Labute approximate surface area is 422 Å². The topological polar surface area (TPSA) is 175 Å². The predicted octanol–water partition coefficient (Wildman–Crippen LogP) is 12.7. The summed E-state index contributed by atoms with van der Waals surface area (Å²) in [6.07, 6.45) is 48.2. The summed E-state index contributed by atoms with van der Waals surface area (Å²) < 4.78 is 16.6. The van der Waals surface area contributed by atoms with Crippen LogP contribution in [0.2, 0.25) is 0 Å². The molecule has 0 aromatic heterocycles. The number of allylic oxidation sites excluding steroid dienone is 5. The summed E-state index contributed by atoms with van der Waals surface area (Å²) in [6.45, 7) is 4.26. The number of esters is 1. The molecular formula is C58H107NO10. The normalized spacial score (nSPS) is 19.6. The largest absolute Gasteiger partial charge is 0.466 e. The van der Waals surface area contributed by atoms with Crippen molar-refractivity contribution in [3.8, 4) is 0 Å². The van der Waals surface area contributed by atoms with Crippen LogP contribution in [0.4, 0.5) is 0 Å². The molecule has 404 valence electrons. The SMILES string of the molecule is CCCCC/C=C/CC/C=C/C(O)C(COC1OC(CO)C(O)C(O)C1O)NC(=O)CCCCCCCCC/C=C\CCCCCCCCCCCOC(=O)CCCCCCCCCCCCCC. The van der Waals surface area contributed by atoms with E-state index in [1.165, 1.54) is 154 Å². The van der Waals surface area contributed by atoms with Gasteiger partial charge in [0.25, 0.3) is 0 Å². The first-order valence-electron chi connectivity index (χ1n) is 28.8. The molecule has 0 aromatic rings. The number of amides is 1. The molecule has 1 rings (SSSR count). The molecule has 0 spiro atoms. The van der Waals surface area contributed by atoms with Gasteiger partial charge in [-0.2, -0.15) is 0 Å². The van der Waals surface area contributed by atoms with E-state index in [-0.39, 0.29) is 18.5 Å². The van der Waals surface area contributed by atoms with E-state index in [9.17, 15) is 35.1 Å². The smallest absolute Gasteiger partial charge is 0.305 e. The molecule has 1 amide bonds. The molecule has 1 heterocycles. The summed E-state index contributed by atoms with van der Waals surface area (Å²) in [5.74, 6) is -0.212. The number of aliphatic hydroxyl groups is 5. The van der Waals surface area contributed by atoms with Crippen molar-refractivity contribution in [3.63, 3.8) is 0 Å².